The van der Waals surface area contributed by atoms with Crippen molar-refractivity contribution in [3.8, 4) is 11.5 Å². The molecule has 0 aliphatic heterocycles. The first-order valence-electron chi connectivity index (χ1n) is 9.64. The van der Waals surface area contributed by atoms with Gasteiger partial charge in [0.1, 0.15) is 23.7 Å². The van der Waals surface area contributed by atoms with Crippen molar-refractivity contribution in [2.75, 3.05) is 12.4 Å². The summed E-state index contributed by atoms with van der Waals surface area (Å²) in [6.45, 7) is 6.85. The van der Waals surface area contributed by atoms with Crippen molar-refractivity contribution in [3.05, 3.63) is 89.5 Å². The minimum Gasteiger partial charge on any atom is -0.496 e. The molecule has 1 amide bonds. The van der Waals surface area contributed by atoms with Crippen LogP contribution < -0.4 is 14.8 Å². The summed E-state index contributed by atoms with van der Waals surface area (Å²) in [4.78, 5) is 13.0. The zero-order chi connectivity index (χ0) is 20.9. The number of carbonyl (C=O) groups is 1. The minimum atomic E-state index is -0.269. The van der Waals surface area contributed by atoms with Crippen LogP contribution in [0.3, 0.4) is 0 Å². The molecule has 150 valence electrons. The van der Waals surface area contributed by atoms with Crippen molar-refractivity contribution >= 4 is 11.6 Å². The molecule has 1 N–H and O–H groups in total. The van der Waals surface area contributed by atoms with Crippen molar-refractivity contribution in [1.82, 2.24) is 0 Å². The van der Waals surface area contributed by atoms with Crippen LogP contribution in [0.25, 0.3) is 0 Å². The topological polar surface area (TPSA) is 47.6 Å². The van der Waals surface area contributed by atoms with Crippen LogP contribution in [-0.4, -0.2) is 13.0 Å². The standard InChI is InChI=1S/C25H27NO3/c1-25(2,3)19-13-15-20(16-14-19)26-24(27)23-21(28-4)11-8-12-22(23)29-17-18-9-6-5-7-10-18/h5-16H,17H2,1-4H3,(H,26,27). The number of amides is 1. The number of hydrogen-bond donors (Lipinski definition) is 1. The summed E-state index contributed by atoms with van der Waals surface area (Å²) in [7, 11) is 1.55. The second kappa shape index (κ2) is 8.82. The van der Waals surface area contributed by atoms with Crippen LogP contribution >= 0.6 is 0 Å². The van der Waals surface area contributed by atoms with Gasteiger partial charge in [0.15, 0.2) is 0 Å². The van der Waals surface area contributed by atoms with Crippen LogP contribution in [0.5, 0.6) is 11.5 Å². The molecule has 29 heavy (non-hydrogen) atoms. The maximum absolute atomic E-state index is 13.0. The van der Waals surface area contributed by atoms with E-state index < -0.39 is 0 Å². The Morgan fingerprint density at radius 2 is 1.52 bits per heavy atom. The Kier molecular flexibility index (Phi) is 6.23. The van der Waals surface area contributed by atoms with Crippen LogP contribution in [0.15, 0.2) is 72.8 Å². The number of methoxy groups -OCH3 is 1. The maximum Gasteiger partial charge on any atom is 0.263 e. The van der Waals surface area contributed by atoms with Crippen LogP contribution in [0, 0.1) is 0 Å². The number of rotatable bonds is 6. The molecular weight excluding hydrogens is 362 g/mol. The van der Waals surface area contributed by atoms with Crippen LogP contribution in [0.1, 0.15) is 42.3 Å². The maximum atomic E-state index is 13.0. The van der Waals surface area contributed by atoms with E-state index in [1.807, 2.05) is 60.7 Å². The molecule has 0 unspecified atom stereocenters. The molecule has 0 aliphatic rings. The number of carbonyl (C=O) groups excluding carboxylic acids is 1. The van der Waals surface area contributed by atoms with E-state index >= 15 is 0 Å². The molecule has 4 heteroatoms. The fourth-order valence-electron chi connectivity index (χ4n) is 3.01. The minimum absolute atomic E-state index is 0.0592. The van der Waals surface area contributed by atoms with Crippen molar-refractivity contribution in [2.24, 2.45) is 0 Å². The van der Waals surface area contributed by atoms with Gasteiger partial charge < -0.3 is 14.8 Å². The van der Waals surface area contributed by atoms with Crippen LogP contribution in [0.2, 0.25) is 0 Å². The molecule has 0 saturated carbocycles. The van der Waals surface area contributed by atoms with Gasteiger partial charge in [-0.1, -0.05) is 69.3 Å². The number of hydrogen-bond acceptors (Lipinski definition) is 3. The summed E-state index contributed by atoms with van der Waals surface area (Å²) in [6.07, 6.45) is 0. The Morgan fingerprint density at radius 3 is 2.14 bits per heavy atom. The van der Waals surface area contributed by atoms with Gasteiger partial charge in [0, 0.05) is 5.69 Å². The molecule has 3 aromatic carbocycles. The molecule has 0 bridgehead atoms. The molecule has 0 aromatic heterocycles. The van der Waals surface area contributed by atoms with E-state index in [0.717, 1.165) is 11.3 Å². The molecule has 0 fully saturated rings. The SMILES string of the molecule is COc1cccc(OCc2ccccc2)c1C(=O)Nc1ccc(C(C)(C)C)cc1. The Hall–Kier alpha value is -3.27. The Labute approximate surface area is 172 Å². The molecule has 0 heterocycles. The lowest BCUT2D eigenvalue weighted by Gasteiger charge is -2.19. The molecule has 0 spiro atoms. The third-order valence-corrected chi connectivity index (χ3v) is 4.68. The lowest BCUT2D eigenvalue weighted by molar-refractivity contribution is 0.101. The second-order valence-electron chi connectivity index (χ2n) is 7.89. The molecule has 3 rings (SSSR count). The van der Waals surface area contributed by atoms with E-state index in [-0.39, 0.29) is 11.3 Å². The van der Waals surface area contributed by atoms with Crippen molar-refractivity contribution in [2.45, 2.75) is 32.8 Å². The summed E-state index contributed by atoms with van der Waals surface area (Å²) in [5.41, 5.74) is 3.40. The molecule has 0 atom stereocenters. The second-order valence-corrected chi connectivity index (χ2v) is 7.89. The highest BCUT2D eigenvalue weighted by molar-refractivity contribution is 6.08. The predicted molar refractivity (Wildman–Crippen MR) is 117 cm³/mol. The number of anilines is 1. The van der Waals surface area contributed by atoms with Gasteiger partial charge in [-0.15, -0.1) is 0 Å². The van der Waals surface area contributed by atoms with Crippen molar-refractivity contribution < 1.29 is 14.3 Å². The third-order valence-electron chi connectivity index (χ3n) is 4.68. The van der Waals surface area contributed by atoms with Crippen molar-refractivity contribution in [1.29, 1.82) is 0 Å². The fourth-order valence-corrected chi connectivity index (χ4v) is 3.01. The third kappa shape index (κ3) is 5.17. The average molecular weight is 389 g/mol. The predicted octanol–water partition coefficient (Wildman–Crippen LogP) is 5.82. The van der Waals surface area contributed by atoms with E-state index in [9.17, 15) is 4.79 Å². The molecule has 0 saturated heterocycles. The van der Waals surface area contributed by atoms with Crippen LogP contribution in [-0.2, 0) is 12.0 Å². The van der Waals surface area contributed by atoms with Gasteiger partial charge >= 0.3 is 0 Å². The summed E-state index contributed by atoms with van der Waals surface area (Å²) in [5, 5.41) is 2.95. The molecule has 4 nitrogen and oxygen atoms in total. The van der Waals surface area contributed by atoms with Gasteiger partial charge in [-0.3, -0.25) is 4.79 Å². The molecule has 3 aromatic rings. The lowest BCUT2D eigenvalue weighted by atomic mass is 9.87. The van der Waals surface area contributed by atoms with Crippen LogP contribution in [0.4, 0.5) is 5.69 Å². The number of benzene rings is 3. The fraction of sp³-hybridized carbons (Fsp3) is 0.240. The zero-order valence-corrected chi connectivity index (χ0v) is 17.4. The van der Waals surface area contributed by atoms with Gasteiger partial charge in [-0.2, -0.15) is 0 Å². The Balaban J connectivity index is 1.81. The van der Waals surface area contributed by atoms with Gasteiger partial charge in [-0.05, 0) is 40.8 Å². The van der Waals surface area contributed by atoms with E-state index in [2.05, 4.69) is 26.1 Å². The Morgan fingerprint density at radius 1 is 0.862 bits per heavy atom. The normalized spacial score (nSPS) is 11.0. The summed E-state index contributed by atoms with van der Waals surface area (Å²) in [6, 6.07) is 23.1. The summed E-state index contributed by atoms with van der Waals surface area (Å²) in [5.74, 6) is 0.686. The van der Waals surface area contributed by atoms with Gasteiger partial charge in [0.25, 0.3) is 5.91 Å². The summed E-state index contributed by atoms with van der Waals surface area (Å²) >= 11 is 0. The highest BCUT2D eigenvalue weighted by Crippen LogP contribution is 2.30. The van der Waals surface area contributed by atoms with Gasteiger partial charge in [0.2, 0.25) is 0 Å². The van der Waals surface area contributed by atoms with Crippen molar-refractivity contribution in [3.63, 3.8) is 0 Å². The summed E-state index contributed by atoms with van der Waals surface area (Å²) < 4.78 is 11.4. The van der Waals surface area contributed by atoms with Gasteiger partial charge in [-0.25, -0.2) is 0 Å². The smallest absolute Gasteiger partial charge is 0.263 e. The monoisotopic (exact) mass is 389 g/mol. The Bertz CT molecular complexity index is 958. The number of ether oxygens (including phenoxy) is 2. The van der Waals surface area contributed by atoms with E-state index in [1.54, 1.807) is 19.2 Å². The van der Waals surface area contributed by atoms with E-state index in [1.165, 1.54) is 5.56 Å². The van der Waals surface area contributed by atoms with E-state index in [4.69, 9.17) is 9.47 Å². The zero-order valence-electron chi connectivity index (χ0n) is 17.4. The quantitative estimate of drug-likeness (QED) is 0.577. The molecular formula is C25H27NO3. The molecule has 0 radical (unpaired) electrons. The highest BCUT2D eigenvalue weighted by Gasteiger charge is 2.19. The van der Waals surface area contributed by atoms with E-state index in [0.29, 0.717) is 23.7 Å². The first-order valence-corrected chi connectivity index (χ1v) is 9.64. The van der Waals surface area contributed by atoms with Gasteiger partial charge in [0.05, 0.1) is 7.11 Å². The first-order chi connectivity index (χ1) is 13.9. The first kappa shape index (κ1) is 20.5. The lowest BCUT2D eigenvalue weighted by Crippen LogP contribution is -2.16. The number of nitrogens with one attached hydrogen (secondary N) is 1. The highest BCUT2D eigenvalue weighted by atomic mass is 16.5. The largest absolute Gasteiger partial charge is 0.496 e. The molecule has 0 aliphatic carbocycles. The average Bonchev–Trinajstić information content (AvgIpc) is 2.72.